The van der Waals surface area contributed by atoms with Gasteiger partial charge in [0, 0.05) is 11.7 Å². The maximum absolute atomic E-state index is 12.1. The first-order valence-electron chi connectivity index (χ1n) is 8.33. The zero-order valence-electron chi connectivity index (χ0n) is 14.5. The number of amides is 2. The molecule has 1 fully saturated rings. The summed E-state index contributed by atoms with van der Waals surface area (Å²) in [6.07, 6.45) is 2.42. The molecule has 1 aromatic rings. The van der Waals surface area contributed by atoms with Crippen molar-refractivity contribution in [3.63, 3.8) is 0 Å². The Hall–Kier alpha value is -1.88. The van der Waals surface area contributed by atoms with E-state index in [9.17, 15) is 9.59 Å². The van der Waals surface area contributed by atoms with Gasteiger partial charge in [0.2, 0.25) is 0 Å². The summed E-state index contributed by atoms with van der Waals surface area (Å²) in [5, 5.41) is 5.95. The van der Waals surface area contributed by atoms with E-state index < -0.39 is 0 Å². The lowest BCUT2D eigenvalue weighted by atomic mass is 10.1. The molecule has 2 amide bonds. The summed E-state index contributed by atoms with van der Waals surface area (Å²) >= 11 is 0. The molecule has 0 aromatic heterocycles. The molecule has 2 rings (SSSR count). The average molecular weight is 318 g/mol. The number of aryl methyl sites for hydroxylation is 1. The number of carbonyl (C=O) groups is 2. The first-order chi connectivity index (χ1) is 10.9. The van der Waals surface area contributed by atoms with Crippen LogP contribution in [-0.4, -0.2) is 38.0 Å². The predicted octanol–water partition coefficient (Wildman–Crippen LogP) is 0.671. The molecule has 1 unspecified atom stereocenters. The van der Waals surface area contributed by atoms with Crippen molar-refractivity contribution in [3.05, 3.63) is 29.3 Å². The highest BCUT2D eigenvalue weighted by Crippen LogP contribution is 2.32. The molecule has 5 nitrogen and oxygen atoms in total. The number of hydrogen-bond donors (Lipinski definition) is 3. The molecule has 3 N–H and O–H groups in total. The molecule has 0 bridgehead atoms. The smallest absolute Gasteiger partial charge is 0.279 e. The fraction of sp³-hybridized carbons (Fsp3) is 0.556. The number of carbonyl (C=O) groups excluding carboxylic acids is 2. The number of quaternary nitrogens is 1. The van der Waals surface area contributed by atoms with Crippen molar-refractivity contribution >= 4 is 17.5 Å². The topological polar surface area (TPSA) is 62.6 Å². The molecule has 0 radical (unpaired) electrons. The lowest BCUT2D eigenvalue weighted by Crippen LogP contribution is -3.11. The third-order valence-electron chi connectivity index (χ3n) is 4.52. The number of anilines is 1. The molecule has 1 aliphatic rings. The van der Waals surface area contributed by atoms with Gasteiger partial charge in [-0.1, -0.05) is 12.1 Å². The molecule has 1 aliphatic carbocycles. The van der Waals surface area contributed by atoms with E-state index in [2.05, 4.69) is 17.6 Å². The van der Waals surface area contributed by atoms with Crippen LogP contribution in [0, 0.1) is 19.8 Å². The fourth-order valence-corrected chi connectivity index (χ4v) is 2.71. The Labute approximate surface area is 138 Å². The Kier molecular flexibility index (Phi) is 5.77. The van der Waals surface area contributed by atoms with Crippen LogP contribution in [0.3, 0.4) is 0 Å². The maximum atomic E-state index is 12.1. The van der Waals surface area contributed by atoms with Crippen molar-refractivity contribution in [2.45, 2.75) is 39.7 Å². The van der Waals surface area contributed by atoms with Gasteiger partial charge in [0.05, 0.1) is 7.05 Å². The Balaban J connectivity index is 1.77. The van der Waals surface area contributed by atoms with Gasteiger partial charge in [-0.2, -0.15) is 0 Å². The summed E-state index contributed by atoms with van der Waals surface area (Å²) in [7, 11) is 1.87. The summed E-state index contributed by atoms with van der Waals surface area (Å²) in [4.78, 5) is 25.0. The minimum Gasteiger partial charge on any atom is -0.348 e. The van der Waals surface area contributed by atoms with Gasteiger partial charge in [0.15, 0.2) is 13.1 Å². The zero-order valence-corrected chi connectivity index (χ0v) is 14.5. The summed E-state index contributed by atoms with van der Waals surface area (Å²) in [6, 6.07) is 6.10. The van der Waals surface area contributed by atoms with Crippen LogP contribution in [0.5, 0.6) is 0 Å². The quantitative estimate of drug-likeness (QED) is 0.692. The van der Waals surface area contributed by atoms with E-state index in [1.165, 1.54) is 12.8 Å². The van der Waals surface area contributed by atoms with Crippen LogP contribution in [-0.2, 0) is 9.59 Å². The Morgan fingerprint density at radius 1 is 1.22 bits per heavy atom. The third-order valence-corrected chi connectivity index (χ3v) is 4.52. The molecule has 0 saturated heterocycles. The third kappa shape index (κ3) is 5.36. The van der Waals surface area contributed by atoms with Gasteiger partial charge in [-0.15, -0.1) is 0 Å². The van der Waals surface area contributed by atoms with E-state index in [1.807, 2.05) is 39.1 Å². The van der Waals surface area contributed by atoms with Crippen molar-refractivity contribution in [2.75, 3.05) is 25.5 Å². The van der Waals surface area contributed by atoms with Gasteiger partial charge >= 0.3 is 0 Å². The van der Waals surface area contributed by atoms with Crippen LogP contribution < -0.4 is 15.5 Å². The lowest BCUT2D eigenvalue weighted by molar-refractivity contribution is -0.862. The average Bonchev–Trinajstić information content (AvgIpc) is 3.27. The van der Waals surface area contributed by atoms with Crippen LogP contribution >= 0.6 is 0 Å². The highest BCUT2D eigenvalue weighted by molar-refractivity contribution is 5.92. The fourth-order valence-electron chi connectivity index (χ4n) is 2.71. The van der Waals surface area contributed by atoms with Crippen molar-refractivity contribution in [2.24, 2.45) is 5.92 Å². The molecule has 5 heteroatoms. The molecule has 1 aromatic carbocycles. The molecule has 0 spiro atoms. The number of nitrogens with one attached hydrogen (secondary N) is 3. The zero-order chi connectivity index (χ0) is 17.0. The monoisotopic (exact) mass is 318 g/mol. The SMILES string of the molecule is Cc1cccc(NC(=O)C[NH+](C)CC(=O)N[C@@H](C)C2CC2)c1C. The van der Waals surface area contributed by atoms with E-state index in [1.54, 1.807) is 0 Å². The second-order valence-electron chi connectivity index (χ2n) is 6.80. The Morgan fingerprint density at radius 3 is 2.52 bits per heavy atom. The van der Waals surface area contributed by atoms with Crippen molar-refractivity contribution < 1.29 is 14.5 Å². The summed E-state index contributed by atoms with van der Waals surface area (Å²) in [6.45, 7) is 6.66. The number of hydrogen-bond acceptors (Lipinski definition) is 2. The molecule has 23 heavy (non-hydrogen) atoms. The largest absolute Gasteiger partial charge is 0.348 e. The van der Waals surface area contributed by atoms with Crippen LogP contribution in [0.15, 0.2) is 18.2 Å². The second kappa shape index (κ2) is 7.59. The van der Waals surface area contributed by atoms with E-state index in [4.69, 9.17) is 0 Å². The van der Waals surface area contributed by atoms with Crippen LogP contribution in [0.2, 0.25) is 0 Å². The highest BCUT2D eigenvalue weighted by Gasteiger charge is 2.29. The number of rotatable bonds is 7. The molecular formula is C18H28N3O2+. The van der Waals surface area contributed by atoms with Crippen molar-refractivity contribution in [3.8, 4) is 0 Å². The van der Waals surface area contributed by atoms with E-state index in [0.29, 0.717) is 12.5 Å². The van der Waals surface area contributed by atoms with Crippen LogP contribution in [0.4, 0.5) is 5.69 Å². The predicted molar refractivity (Wildman–Crippen MR) is 91.5 cm³/mol. The highest BCUT2D eigenvalue weighted by atomic mass is 16.2. The van der Waals surface area contributed by atoms with E-state index in [0.717, 1.165) is 21.7 Å². The molecule has 2 atom stereocenters. The van der Waals surface area contributed by atoms with Crippen molar-refractivity contribution in [1.82, 2.24) is 5.32 Å². The Morgan fingerprint density at radius 2 is 1.87 bits per heavy atom. The second-order valence-corrected chi connectivity index (χ2v) is 6.80. The number of benzene rings is 1. The molecule has 0 aliphatic heterocycles. The van der Waals surface area contributed by atoms with Gasteiger partial charge in [0.25, 0.3) is 11.8 Å². The number of likely N-dealkylation sites (N-methyl/N-ethyl adjacent to an activating group) is 1. The molecule has 0 heterocycles. The van der Waals surface area contributed by atoms with Gasteiger partial charge in [-0.25, -0.2) is 0 Å². The Bertz CT molecular complexity index is 582. The minimum atomic E-state index is -0.0701. The van der Waals surface area contributed by atoms with Gasteiger partial charge in [-0.05, 0) is 56.7 Å². The van der Waals surface area contributed by atoms with Crippen LogP contribution in [0.1, 0.15) is 30.9 Å². The van der Waals surface area contributed by atoms with Crippen LogP contribution in [0.25, 0.3) is 0 Å². The maximum Gasteiger partial charge on any atom is 0.279 e. The van der Waals surface area contributed by atoms with Crippen molar-refractivity contribution in [1.29, 1.82) is 0 Å². The summed E-state index contributed by atoms with van der Waals surface area (Å²) in [5.74, 6) is 0.590. The standard InChI is InChI=1S/C18H27N3O2/c1-12-6-5-7-16(13(12)2)20-18(23)11-21(4)10-17(22)19-14(3)15-8-9-15/h5-7,14-15H,8-11H2,1-4H3,(H,19,22)(H,20,23)/p+1/t14-/m0/s1. The normalized spacial score (nSPS) is 16.5. The van der Waals surface area contributed by atoms with Gasteiger partial charge < -0.3 is 15.5 Å². The van der Waals surface area contributed by atoms with Gasteiger partial charge in [0.1, 0.15) is 0 Å². The van der Waals surface area contributed by atoms with E-state index in [-0.39, 0.29) is 24.4 Å². The summed E-state index contributed by atoms with van der Waals surface area (Å²) in [5.41, 5.74) is 3.07. The molecule has 126 valence electrons. The summed E-state index contributed by atoms with van der Waals surface area (Å²) < 4.78 is 0. The molecular weight excluding hydrogens is 290 g/mol. The lowest BCUT2D eigenvalue weighted by Gasteiger charge is -2.17. The minimum absolute atomic E-state index is 0.0152. The first-order valence-corrected chi connectivity index (χ1v) is 8.33. The first kappa shape index (κ1) is 17.5. The van der Waals surface area contributed by atoms with E-state index >= 15 is 0 Å². The molecule has 1 saturated carbocycles. The van der Waals surface area contributed by atoms with Gasteiger partial charge in [-0.3, -0.25) is 9.59 Å².